The summed E-state index contributed by atoms with van der Waals surface area (Å²) in [6.45, 7) is 0. The van der Waals surface area contributed by atoms with E-state index in [9.17, 15) is 69.0 Å². The van der Waals surface area contributed by atoms with Crippen LogP contribution in [-0.2, 0) is 19.2 Å². The van der Waals surface area contributed by atoms with Crippen LogP contribution in [0.15, 0.2) is 144 Å². The zero-order chi connectivity index (χ0) is 44.1. The van der Waals surface area contributed by atoms with Crippen LogP contribution in [-0.4, -0.2) is 78.0 Å². The van der Waals surface area contributed by atoms with Crippen molar-refractivity contribution < 1.29 is 69.0 Å². The van der Waals surface area contributed by atoms with Crippen LogP contribution in [0.25, 0.3) is 0 Å². The molecule has 308 valence electrons. The lowest BCUT2D eigenvalue weighted by Crippen LogP contribution is -2.34. The van der Waals surface area contributed by atoms with Crippen LogP contribution >= 0.6 is 0 Å². The molecule has 0 amide bonds. The van der Waals surface area contributed by atoms with Crippen LogP contribution in [0.4, 0.5) is 0 Å². The lowest BCUT2D eigenvalue weighted by molar-refractivity contribution is -0.133. The maximum Gasteiger partial charge on any atom is 0.335 e. The van der Waals surface area contributed by atoms with Crippen molar-refractivity contribution in [3.05, 3.63) is 188 Å². The van der Waals surface area contributed by atoms with Crippen molar-refractivity contribution in [1.29, 1.82) is 0 Å². The van der Waals surface area contributed by atoms with Crippen molar-refractivity contribution in [3.8, 4) is 0 Å². The molecule has 2 aliphatic carbocycles. The van der Waals surface area contributed by atoms with E-state index in [1.165, 1.54) is 109 Å². The van der Waals surface area contributed by atoms with Gasteiger partial charge in [-0.3, -0.25) is 9.59 Å². The van der Waals surface area contributed by atoms with Crippen LogP contribution in [0.5, 0.6) is 0 Å². The smallest absolute Gasteiger partial charge is 0.335 e. The number of benzene rings is 4. The maximum absolute atomic E-state index is 13.4. The molecule has 14 heteroatoms. The van der Waals surface area contributed by atoms with E-state index >= 15 is 0 Å². The summed E-state index contributed by atoms with van der Waals surface area (Å²) in [7, 11) is 0. The normalized spacial score (nSPS) is 14.5. The van der Waals surface area contributed by atoms with E-state index in [2.05, 4.69) is 0 Å². The molecule has 1 unspecified atom stereocenters. The lowest BCUT2D eigenvalue weighted by atomic mass is 9.60. The highest BCUT2D eigenvalue weighted by Gasteiger charge is 2.44. The van der Waals surface area contributed by atoms with Crippen molar-refractivity contribution in [1.82, 2.24) is 0 Å². The van der Waals surface area contributed by atoms with Gasteiger partial charge in [0, 0.05) is 24.7 Å². The molecule has 0 aromatic heterocycles. The van der Waals surface area contributed by atoms with Crippen molar-refractivity contribution in [2.45, 2.75) is 31.1 Å². The van der Waals surface area contributed by atoms with Crippen molar-refractivity contribution in [2.24, 2.45) is 11.8 Å². The predicted octanol–water partition coefficient (Wildman–Crippen LogP) is 6.89. The van der Waals surface area contributed by atoms with Crippen LogP contribution in [0.2, 0.25) is 0 Å². The summed E-state index contributed by atoms with van der Waals surface area (Å²) in [6.07, 6.45) is 3.90. The molecule has 6 rings (SSSR count). The van der Waals surface area contributed by atoms with E-state index in [0.717, 1.165) is 12.2 Å². The number of hydrogen-bond donors (Lipinski definition) is 6. The van der Waals surface area contributed by atoms with Gasteiger partial charge in [0.1, 0.15) is 0 Å². The second kappa shape index (κ2) is 17.9. The van der Waals surface area contributed by atoms with E-state index in [1.54, 1.807) is 0 Å². The Bertz CT molecular complexity index is 2360. The molecule has 4 aromatic carbocycles. The van der Waals surface area contributed by atoms with Crippen LogP contribution in [0.1, 0.15) is 94.8 Å². The van der Waals surface area contributed by atoms with E-state index < -0.39 is 71.1 Å². The SMILES string of the molecule is O=C1C=C(CC(C2=CC(=O)CC=C2C(=O)O)C(C(c2ccc(C(=O)O)cc2)c2ccc(C(=O)O)cc2)C(c2ccc(C(=O)O)cc2)c2ccc(C(=O)O)cc2)C(C(=O)O)=CC1. The molecule has 0 radical (unpaired) electrons. The van der Waals surface area contributed by atoms with Gasteiger partial charge in [-0.2, -0.15) is 0 Å². The number of carbonyl (C=O) groups excluding carboxylic acids is 2. The minimum atomic E-state index is -1.42. The quantitative estimate of drug-likeness (QED) is 0.0673. The van der Waals surface area contributed by atoms with Gasteiger partial charge in [0.15, 0.2) is 11.6 Å². The second-order valence-corrected chi connectivity index (χ2v) is 14.5. The number of allylic oxidation sites excluding steroid dienone is 4. The number of hydrogen-bond acceptors (Lipinski definition) is 8. The number of aromatic carboxylic acids is 4. The molecule has 0 bridgehead atoms. The fraction of sp³-hybridized carbons (Fsp3) is 0.149. The van der Waals surface area contributed by atoms with E-state index in [-0.39, 0.29) is 63.8 Å². The van der Waals surface area contributed by atoms with Crippen molar-refractivity contribution in [2.75, 3.05) is 0 Å². The maximum atomic E-state index is 13.4. The number of carbonyl (C=O) groups is 8. The number of rotatable bonds is 16. The topological polar surface area (TPSA) is 258 Å². The zero-order valence-electron chi connectivity index (χ0n) is 31.9. The zero-order valence-corrected chi connectivity index (χ0v) is 31.9. The molecular formula is C47H36O14. The highest BCUT2D eigenvalue weighted by atomic mass is 16.4. The Morgan fingerprint density at radius 1 is 0.426 bits per heavy atom. The van der Waals surface area contributed by atoms with Gasteiger partial charge in [0.25, 0.3) is 0 Å². The van der Waals surface area contributed by atoms with Gasteiger partial charge in [-0.05, 0) is 112 Å². The van der Waals surface area contributed by atoms with Gasteiger partial charge in [-0.1, -0.05) is 60.7 Å². The largest absolute Gasteiger partial charge is 0.478 e. The minimum absolute atomic E-state index is 0.00446. The van der Waals surface area contributed by atoms with Crippen molar-refractivity contribution >= 4 is 47.4 Å². The summed E-state index contributed by atoms with van der Waals surface area (Å²) in [5.41, 5.74) is 0.669. The summed E-state index contributed by atoms with van der Waals surface area (Å²) in [5, 5.41) is 60.4. The summed E-state index contributed by atoms with van der Waals surface area (Å²) in [5.74, 6) is -13.1. The molecule has 0 saturated heterocycles. The molecule has 2 aliphatic rings. The van der Waals surface area contributed by atoms with Gasteiger partial charge in [-0.15, -0.1) is 0 Å². The standard InChI is InChI=1S/C47H36O14/c48-33-17-19-35(46(58)59)32(21-33)22-38(37-23-34(49)18-20-36(37)47(60)61)41(39(24-1-9-28(10-2-24)42(50)51)25-3-11-29(12-4-25)43(52)53)40(26-5-13-30(14-6-26)44(54)55)27-7-15-31(16-8-27)45(56)57/h1-16,19-21,23,38-41H,17-18,22H2,(H,50,51)(H,52,53)(H,54,55)(H,56,57)(H,58,59)(H,60,61). The first-order valence-corrected chi connectivity index (χ1v) is 18.7. The Labute approximate surface area is 346 Å². The first-order chi connectivity index (χ1) is 29.0. The summed E-state index contributed by atoms with van der Waals surface area (Å²) in [6, 6.07) is 22.8. The molecule has 6 N–H and O–H groups in total. The minimum Gasteiger partial charge on any atom is -0.478 e. The molecule has 14 nitrogen and oxygen atoms in total. The number of ketones is 2. The Morgan fingerprint density at radius 2 is 0.738 bits per heavy atom. The Morgan fingerprint density at radius 3 is 1.05 bits per heavy atom. The van der Waals surface area contributed by atoms with Gasteiger partial charge >= 0.3 is 35.8 Å². The number of aliphatic carboxylic acids is 2. The summed E-state index contributed by atoms with van der Waals surface area (Å²) in [4.78, 5) is 101. The average molecular weight is 825 g/mol. The monoisotopic (exact) mass is 824 g/mol. The van der Waals surface area contributed by atoms with Crippen LogP contribution in [0.3, 0.4) is 0 Å². The van der Waals surface area contributed by atoms with Crippen molar-refractivity contribution in [3.63, 3.8) is 0 Å². The average Bonchev–Trinajstić information content (AvgIpc) is 3.23. The number of carboxylic acid groups (broad SMARTS) is 6. The third-order valence-electron chi connectivity index (χ3n) is 10.9. The van der Waals surface area contributed by atoms with E-state index in [1.807, 2.05) is 0 Å². The molecule has 61 heavy (non-hydrogen) atoms. The molecule has 0 saturated carbocycles. The van der Waals surface area contributed by atoms with E-state index in [4.69, 9.17) is 0 Å². The predicted molar refractivity (Wildman–Crippen MR) is 216 cm³/mol. The Balaban J connectivity index is 1.78. The first kappa shape index (κ1) is 42.6. The third-order valence-corrected chi connectivity index (χ3v) is 10.9. The fourth-order valence-corrected chi connectivity index (χ4v) is 8.16. The number of carboxylic acids is 6. The molecular weight excluding hydrogens is 789 g/mol. The fourth-order valence-electron chi connectivity index (χ4n) is 8.16. The van der Waals surface area contributed by atoms with Gasteiger partial charge < -0.3 is 30.6 Å². The van der Waals surface area contributed by atoms with Gasteiger partial charge in [-0.25, -0.2) is 28.8 Å². The highest BCUT2D eigenvalue weighted by Crippen LogP contribution is 2.53. The Hall–Kier alpha value is -8.00. The third kappa shape index (κ3) is 9.34. The first-order valence-electron chi connectivity index (χ1n) is 18.7. The van der Waals surface area contributed by atoms with E-state index in [0.29, 0.717) is 22.3 Å². The molecule has 0 spiro atoms. The second-order valence-electron chi connectivity index (χ2n) is 14.5. The van der Waals surface area contributed by atoms with Gasteiger partial charge in [0.2, 0.25) is 0 Å². The van der Waals surface area contributed by atoms with Crippen LogP contribution < -0.4 is 0 Å². The molecule has 0 heterocycles. The molecule has 0 fully saturated rings. The Kier molecular flexibility index (Phi) is 12.5. The summed E-state index contributed by atoms with van der Waals surface area (Å²) >= 11 is 0. The molecule has 0 aliphatic heterocycles. The van der Waals surface area contributed by atoms with Crippen LogP contribution in [0, 0.1) is 11.8 Å². The highest BCUT2D eigenvalue weighted by molar-refractivity contribution is 6.03. The molecule has 4 aromatic rings. The lowest BCUT2D eigenvalue weighted by Gasteiger charge is -2.42. The summed E-state index contributed by atoms with van der Waals surface area (Å²) < 4.78 is 0. The van der Waals surface area contributed by atoms with Gasteiger partial charge in [0.05, 0.1) is 33.4 Å². The molecule has 1 atom stereocenters.